The second-order valence-electron chi connectivity index (χ2n) is 8.89. The molecule has 0 radical (unpaired) electrons. The van der Waals surface area contributed by atoms with Gasteiger partial charge >= 0.3 is 0 Å². The van der Waals surface area contributed by atoms with E-state index in [-0.39, 0.29) is 11.5 Å². The minimum atomic E-state index is -0.494. The second-order valence-corrected chi connectivity index (χ2v) is 8.89. The van der Waals surface area contributed by atoms with Crippen LogP contribution in [0.15, 0.2) is 71.5 Å². The Bertz CT molecular complexity index is 1460. The Morgan fingerprint density at radius 3 is 2.27 bits per heavy atom. The van der Waals surface area contributed by atoms with Crippen LogP contribution in [-0.2, 0) is 6.42 Å². The highest BCUT2D eigenvalue weighted by Crippen LogP contribution is 2.29. The van der Waals surface area contributed by atoms with Crippen molar-refractivity contribution in [2.45, 2.75) is 39.7 Å². The van der Waals surface area contributed by atoms with Crippen molar-refractivity contribution in [2.75, 3.05) is 20.8 Å². The van der Waals surface area contributed by atoms with Gasteiger partial charge in [0.25, 0.3) is 11.5 Å². The summed E-state index contributed by atoms with van der Waals surface area (Å²) in [6, 6.07) is 19.8. The fourth-order valence-electron chi connectivity index (χ4n) is 4.64. The molecule has 4 rings (SSSR count). The molecule has 1 amide bonds. The molecule has 0 fully saturated rings. The molecule has 7 nitrogen and oxygen atoms in total. The number of nitrogens with zero attached hydrogens (tertiary/aromatic N) is 3. The molecule has 0 N–H and O–H groups in total. The predicted molar refractivity (Wildman–Crippen MR) is 146 cm³/mol. The number of benzene rings is 3. The summed E-state index contributed by atoms with van der Waals surface area (Å²) >= 11 is 0. The standard InChI is InChI=1S/C30H33N3O4/c1-6-16-32(29(34)22-17-23(36-4)19-24(18-22)37-5)20(3)28-31-26-14-10-9-13-25(26)30(35)33(28)27-15-11-8-12-21(27)7-2/h8-15,17-20H,6-7,16H2,1-5H3. The Balaban J connectivity index is 1.92. The van der Waals surface area contributed by atoms with Crippen molar-refractivity contribution in [3.8, 4) is 17.2 Å². The van der Waals surface area contributed by atoms with Gasteiger partial charge in [0.2, 0.25) is 0 Å². The average molecular weight is 500 g/mol. The zero-order valence-corrected chi connectivity index (χ0v) is 22.0. The predicted octanol–water partition coefficient (Wildman–Crippen LogP) is 5.58. The summed E-state index contributed by atoms with van der Waals surface area (Å²) in [5, 5.41) is 0.537. The summed E-state index contributed by atoms with van der Waals surface area (Å²) in [6.07, 6.45) is 1.49. The molecular weight excluding hydrogens is 466 g/mol. The van der Waals surface area contributed by atoms with Crippen LogP contribution in [0.5, 0.6) is 11.5 Å². The molecule has 1 aromatic heterocycles. The quantitative estimate of drug-likeness (QED) is 0.301. The molecule has 4 aromatic rings. The summed E-state index contributed by atoms with van der Waals surface area (Å²) in [6.45, 7) is 6.49. The number of para-hydroxylation sites is 2. The summed E-state index contributed by atoms with van der Waals surface area (Å²) in [5.74, 6) is 1.39. The topological polar surface area (TPSA) is 73.7 Å². The van der Waals surface area contributed by atoms with Crippen molar-refractivity contribution in [1.29, 1.82) is 0 Å². The summed E-state index contributed by atoms with van der Waals surface area (Å²) in [4.78, 5) is 34.5. The fourth-order valence-corrected chi connectivity index (χ4v) is 4.64. The minimum absolute atomic E-state index is 0.153. The molecule has 1 heterocycles. The normalized spacial score (nSPS) is 11.8. The lowest BCUT2D eigenvalue weighted by Gasteiger charge is -2.31. The van der Waals surface area contributed by atoms with E-state index in [1.807, 2.05) is 56.3 Å². The third-order valence-electron chi connectivity index (χ3n) is 6.58. The van der Waals surface area contributed by atoms with Gasteiger partial charge in [-0.25, -0.2) is 4.98 Å². The maximum atomic E-state index is 13.9. The second kappa shape index (κ2) is 11.3. The van der Waals surface area contributed by atoms with Gasteiger partial charge < -0.3 is 14.4 Å². The van der Waals surface area contributed by atoms with Gasteiger partial charge in [0.15, 0.2) is 0 Å². The molecule has 0 aliphatic rings. The van der Waals surface area contributed by atoms with Crippen LogP contribution in [0.25, 0.3) is 16.6 Å². The number of carbonyl (C=O) groups is 1. The van der Waals surface area contributed by atoms with Gasteiger partial charge in [0, 0.05) is 18.2 Å². The van der Waals surface area contributed by atoms with Crippen LogP contribution in [0.1, 0.15) is 55.0 Å². The maximum Gasteiger partial charge on any atom is 0.266 e. The van der Waals surface area contributed by atoms with Crippen LogP contribution < -0.4 is 15.0 Å². The molecule has 0 spiro atoms. The molecule has 7 heteroatoms. The number of rotatable bonds is 9. The molecule has 0 saturated heterocycles. The van der Waals surface area contributed by atoms with Crippen molar-refractivity contribution < 1.29 is 14.3 Å². The molecule has 1 unspecified atom stereocenters. The van der Waals surface area contributed by atoms with E-state index >= 15 is 0 Å². The number of methoxy groups -OCH3 is 2. The Morgan fingerprint density at radius 2 is 1.62 bits per heavy atom. The number of ether oxygens (including phenoxy) is 2. The number of aromatic nitrogens is 2. The lowest BCUT2D eigenvalue weighted by Crippen LogP contribution is -2.38. The van der Waals surface area contributed by atoms with Crippen LogP contribution in [0.4, 0.5) is 0 Å². The van der Waals surface area contributed by atoms with Crippen LogP contribution in [0.2, 0.25) is 0 Å². The fraction of sp³-hybridized carbons (Fsp3) is 0.300. The molecular formula is C30H33N3O4. The van der Waals surface area contributed by atoms with Gasteiger partial charge in [-0.3, -0.25) is 14.2 Å². The first kappa shape index (κ1) is 25.9. The molecule has 3 aromatic carbocycles. The maximum absolute atomic E-state index is 13.9. The molecule has 0 saturated carbocycles. The number of fused-ring (bicyclic) bond motifs is 1. The van der Waals surface area contributed by atoms with E-state index in [1.165, 1.54) is 0 Å². The van der Waals surface area contributed by atoms with Gasteiger partial charge in [-0.1, -0.05) is 44.2 Å². The van der Waals surface area contributed by atoms with Crippen molar-refractivity contribution in [3.63, 3.8) is 0 Å². The summed E-state index contributed by atoms with van der Waals surface area (Å²) in [5.41, 5.74) is 2.70. The molecule has 0 bridgehead atoms. The van der Waals surface area contributed by atoms with E-state index < -0.39 is 6.04 Å². The first-order valence-corrected chi connectivity index (χ1v) is 12.6. The van der Waals surface area contributed by atoms with E-state index in [0.29, 0.717) is 40.3 Å². The largest absolute Gasteiger partial charge is 0.497 e. The van der Waals surface area contributed by atoms with Crippen LogP contribution in [0, 0.1) is 0 Å². The molecule has 192 valence electrons. The van der Waals surface area contributed by atoms with Gasteiger partial charge in [-0.15, -0.1) is 0 Å². The Hall–Kier alpha value is -4.13. The van der Waals surface area contributed by atoms with E-state index in [0.717, 1.165) is 24.1 Å². The number of carbonyl (C=O) groups excluding carboxylic acids is 1. The number of hydrogen-bond donors (Lipinski definition) is 0. The zero-order chi connectivity index (χ0) is 26.5. The third kappa shape index (κ3) is 5.07. The molecule has 37 heavy (non-hydrogen) atoms. The molecule has 0 aliphatic heterocycles. The Labute approximate surface area is 217 Å². The first-order chi connectivity index (χ1) is 17.9. The van der Waals surface area contributed by atoms with Gasteiger partial charge in [-0.05, 0) is 55.7 Å². The smallest absolute Gasteiger partial charge is 0.266 e. The van der Waals surface area contributed by atoms with Crippen LogP contribution in [-0.4, -0.2) is 41.1 Å². The Kier molecular flexibility index (Phi) is 7.92. The highest BCUT2D eigenvalue weighted by Gasteiger charge is 2.28. The zero-order valence-electron chi connectivity index (χ0n) is 22.0. The van der Waals surface area contributed by atoms with Crippen molar-refractivity contribution >= 4 is 16.8 Å². The number of aryl methyl sites for hydroxylation is 1. The first-order valence-electron chi connectivity index (χ1n) is 12.6. The number of hydrogen-bond acceptors (Lipinski definition) is 5. The lowest BCUT2D eigenvalue weighted by molar-refractivity contribution is 0.0680. The van der Waals surface area contributed by atoms with Crippen LogP contribution >= 0.6 is 0 Å². The van der Waals surface area contributed by atoms with Gasteiger partial charge in [0.1, 0.15) is 17.3 Å². The van der Waals surface area contributed by atoms with Crippen LogP contribution in [0.3, 0.4) is 0 Å². The Morgan fingerprint density at radius 1 is 0.973 bits per heavy atom. The number of amides is 1. The highest BCUT2D eigenvalue weighted by molar-refractivity contribution is 5.95. The average Bonchev–Trinajstić information content (AvgIpc) is 2.94. The SMILES string of the molecule is CCCN(C(=O)c1cc(OC)cc(OC)c1)C(C)c1nc2ccccc2c(=O)n1-c1ccccc1CC. The van der Waals surface area contributed by atoms with E-state index in [1.54, 1.807) is 48.0 Å². The van der Waals surface area contributed by atoms with Gasteiger partial charge in [0.05, 0.1) is 36.9 Å². The van der Waals surface area contributed by atoms with Crippen molar-refractivity contribution in [3.05, 3.63) is 94.0 Å². The van der Waals surface area contributed by atoms with E-state index in [2.05, 4.69) is 6.92 Å². The van der Waals surface area contributed by atoms with Gasteiger partial charge in [-0.2, -0.15) is 0 Å². The van der Waals surface area contributed by atoms with Crippen molar-refractivity contribution in [2.24, 2.45) is 0 Å². The third-order valence-corrected chi connectivity index (χ3v) is 6.58. The van der Waals surface area contributed by atoms with E-state index in [9.17, 15) is 9.59 Å². The monoisotopic (exact) mass is 499 g/mol. The lowest BCUT2D eigenvalue weighted by atomic mass is 10.1. The highest BCUT2D eigenvalue weighted by atomic mass is 16.5. The summed E-state index contributed by atoms with van der Waals surface area (Å²) < 4.78 is 12.5. The van der Waals surface area contributed by atoms with E-state index in [4.69, 9.17) is 14.5 Å². The summed E-state index contributed by atoms with van der Waals surface area (Å²) in [7, 11) is 3.11. The minimum Gasteiger partial charge on any atom is -0.497 e. The van der Waals surface area contributed by atoms with Crippen molar-refractivity contribution in [1.82, 2.24) is 14.5 Å². The molecule has 0 aliphatic carbocycles. The molecule has 1 atom stereocenters.